The standard InChI is InChI=1S/C12H12N4.CH3Cl.ClH/c1-2-9-3-4-10(8-11(9)13-5-1)16-12-14-6-7-15-12;1-2;/h1-5,8H,6-7H2,(H2,14,15,16);1H3;1H. The van der Waals surface area contributed by atoms with Crippen molar-refractivity contribution in [1.82, 2.24) is 10.3 Å². The molecular formula is C13H16Cl2N4. The van der Waals surface area contributed by atoms with Crippen LogP contribution in [0, 0.1) is 0 Å². The summed E-state index contributed by atoms with van der Waals surface area (Å²) in [6, 6.07) is 10.1. The topological polar surface area (TPSA) is 49.3 Å². The molecule has 0 saturated carbocycles. The van der Waals surface area contributed by atoms with Gasteiger partial charge in [0.1, 0.15) is 0 Å². The molecule has 0 fully saturated rings. The number of nitrogens with one attached hydrogen (secondary N) is 2. The Balaban J connectivity index is 0.000000576. The number of guanidine groups is 1. The molecule has 0 atom stereocenters. The first-order chi connectivity index (χ1) is 8.92. The van der Waals surface area contributed by atoms with Crippen LogP contribution in [0.5, 0.6) is 0 Å². The van der Waals surface area contributed by atoms with Crippen LogP contribution in [-0.4, -0.2) is 30.4 Å². The van der Waals surface area contributed by atoms with Crippen molar-refractivity contribution in [3.8, 4) is 0 Å². The second-order valence-electron chi connectivity index (χ2n) is 3.69. The van der Waals surface area contributed by atoms with Crippen LogP contribution in [0.25, 0.3) is 10.9 Å². The zero-order valence-corrected chi connectivity index (χ0v) is 12.1. The van der Waals surface area contributed by atoms with E-state index in [0.717, 1.165) is 35.6 Å². The summed E-state index contributed by atoms with van der Waals surface area (Å²) in [7, 11) is 0. The third kappa shape index (κ3) is 3.98. The number of hydrogen-bond acceptors (Lipinski definition) is 4. The largest absolute Gasteiger partial charge is 0.354 e. The molecular weight excluding hydrogens is 283 g/mol. The lowest BCUT2D eigenvalue weighted by atomic mass is 10.2. The number of pyridine rings is 1. The van der Waals surface area contributed by atoms with Gasteiger partial charge in [0.05, 0.1) is 12.1 Å². The molecule has 102 valence electrons. The summed E-state index contributed by atoms with van der Waals surface area (Å²) in [5.74, 6) is 0.843. The fraction of sp³-hybridized carbons (Fsp3) is 0.231. The summed E-state index contributed by atoms with van der Waals surface area (Å²) in [4.78, 5) is 8.60. The monoisotopic (exact) mass is 298 g/mol. The first-order valence-electron chi connectivity index (χ1n) is 5.70. The molecule has 0 spiro atoms. The zero-order valence-electron chi connectivity index (χ0n) is 10.6. The van der Waals surface area contributed by atoms with Crippen LogP contribution in [-0.2, 0) is 0 Å². The van der Waals surface area contributed by atoms with Crippen molar-refractivity contribution in [2.75, 3.05) is 24.8 Å². The van der Waals surface area contributed by atoms with Crippen LogP contribution >= 0.6 is 24.0 Å². The Kier molecular flexibility index (Phi) is 6.39. The average molecular weight is 299 g/mol. The van der Waals surface area contributed by atoms with Gasteiger partial charge in [0.2, 0.25) is 0 Å². The van der Waals surface area contributed by atoms with Gasteiger partial charge in [0.25, 0.3) is 0 Å². The number of aromatic nitrogens is 1. The van der Waals surface area contributed by atoms with Crippen molar-refractivity contribution in [2.45, 2.75) is 0 Å². The van der Waals surface area contributed by atoms with E-state index in [0.29, 0.717) is 0 Å². The molecule has 6 heteroatoms. The van der Waals surface area contributed by atoms with E-state index in [1.54, 1.807) is 6.20 Å². The Labute approximate surface area is 123 Å². The smallest absolute Gasteiger partial charge is 0.195 e. The lowest BCUT2D eigenvalue weighted by Gasteiger charge is -2.06. The lowest BCUT2D eigenvalue weighted by Crippen LogP contribution is -2.26. The molecule has 19 heavy (non-hydrogen) atoms. The first kappa shape index (κ1) is 15.5. The van der Waals surface area contributed by atoms with Crippen molar-refractivity contribution in [3.63, 3.8) is 0 Å². The molecule has 1 aromatic carbocycles. The Morgan fingerprint density at radius 3 is 2.84 bits per heavy atom. The molecule has 0 radical (unpaired) electrons. The molecule has 2 aromatic rings. The van der Waals surface area contributed by atoms with Gasteiger partial charge in [0, 0.05) is 30.2 Å². The molecule has 1 aliphatic rings. The van der Waals surface area contributed by atoms with Crippen molar-refractivity contribution >= 4 is 46.6 Å². The maximum Gasteiger partial charge on any atom is 0.195 e. The van der Waals surface area contributed by atoms with Crippen molar-refractivity contribution < 1.29 is 0 Å². The second kappa shape index (κ2) is 7.81. The number of benzene rings is 1. The molecule has 0 aliphatic carbocycles. The summed E-state index contributed by atoms with van der Waals surface area (Å²) in [5, 5.41) is 7.55. The fourth-order valence-electron chi connectivity index (χ4n) is 1.76. The van der Waals surface area contributed by atoms with E-state index in [-0.39, 0.29) is 12.4 Å². The summed E-state index contributed by atoms with van der Waals surface area (Å²) in [5.41, 5.74) is 2.01. The average Bonchev–Trinajstić information content (AvgIpc) is 2.94. The molecule has 3 rings (SSSR count). The van der Waals surface area contributed by atoms with E-state index < -0.39 is 0 Å². The van der Waals surface area contributed by atoms with Crippen LogP contribution in [0.2, 0.25) is 0 Å². The molecule has 1 aromatic heterocycles. The number of rotatable bonds is 1. The minimum absolute atomic E-state index is 0. The van der Waals surface area contributed by atoms with E-state index in [1.165, 1.54) is 6.38 Å². The second-order valence-corrected chi connectivity index (χ2v) is 3.69. The van der Waals surface area contributed by atoms with E-state index in [4.69, 9.17) is 0 Å². The highest BCUT2D eigenvalue weighted by Crippen LogP contribution is 2.16. The number of halogens is 2. The van der Waals surface area contributed by atoms with Gasteiger partial charge in [-0.05, 0) is 18.2 Å². The molecule has 1 aliphatic heterocycles. The van der Waals surface area contributed by atoms with E-state index in [9.17, 15) is 0 Å². The zero-order chi connectivity index (χ0) is 12.8. The Bertz CT molecular complexity index is 557. The Morgan fingerprint density at radius 1 is 1.26 bits per heavy atom. The van der Waals surface area contributed by atoms with Crippen LogP contribution in [0.4, 0.5) is 5.69 Å². The van der Waals surface area contributed by atoms with Gasteiger partial charge in [0.15, 0.2) is 5.96 Å². The van der Waals surface area contributed by atoms with Gasteiger partial charge in [-0.15, -0.1) is 24.0 Å². The molecule has 0 amide bonds. The van der Waals surface area contributed by atoms with Crippen molar-refractivity contribution in [2.24, 2.45) is 4.99 Å². The summed E-state index contributed by atoms with van der Waals surface area (Å²) >= 11 is 4.64. The quantitative estimate of drug-likeness (QED) is 0.796. The van der Waals surface area contributed by atoms with Crippen LogP contribution in [0.15, 0.2) is 41.5 Å². The number of hydrogen-bond donors (Lipinski definition) is 2. The van der Waals surface area contributed by atoms with Gasteiger partial charge in [-0.25, -0.2) is 0 Å². The highest BCUT2D eigenvalue weighted by Gasteiger charge is 2.04. The molecule has 0 saturated heterocycles. The van der Waals surface area contributed by atoms with Crippen molar-refractivity contribution in [1.29, 1.82) is 0 Å². The SMILES string of the molecule is CCl.Cl.c1cnc2cc(NC3=NCCN3)ccc2c1. The number of fused-ring (bicyclic) bond motifs is 1. The number of nitrogens with zero attached hydrogens (tertiary/aromatic N) is 2. The van der Waals surface area contributed by atoms with E-state index >= 15 is 0 Å². The third-order valence-electron chi connectivity index (χ3n) is 2.54. The van der Waals surface area contributed by atoms with Gasteiger partial charge in [-0.3, -0.25) is 9.98 Å². The van der Waals surface area contributed by atoms with Gasteiger partial charge < -0.3 is 10.6 Å². The number of alkyl halides is 1. The highest BCUT2D eigenvalue weighted by molar-refractivity contribution is 6.15. The van der Waals surface area contributed by atoms with Crippen molar-refractivity contribution in [3.05, 3.63) is 36.5 Å². The molecule has 4 nitrogen and oxygen atoms in total. The predicted molar refractivity (Wildman–Crippen MR) is 84.7 cm³/mol. The van der Waals surface area contributed by atoms with Gasteiger partial charge in [-0.2, -0.15) is 0 Å². The molecule has 0 unspecified atom stereocenters. The predicted octanol–water partition coefficient (Wildman–Crippen LogP) is 2.88. The minimum Gasteiger partial charge on any atom is -0.354 e. The summed E-state index contributed by atoms with van der Waals surface area (Å²) in [6.45, 7) is 1.75. The minimum atomic E-state index is 0. The lowest BCUT2D eigenvalue weighted by molar-refractivity contribution is 0.959. The van der Waals surface area contributed by atoms with Crippen LogP contribution < -0.4 is 10.6 Å². The fourth-order valence-corrected chi connectivity index (χ4v) is 1.76. The Hall–Kier alpha value is -1.52. The van der Waals surface area contributed by atoms with E-state index in [2.05, 4.69) is 44.3 Å². The maximum absolute atomic E-state index is 4.64. The molecule has 0 bridgehead atoms. The first-order valence-corrected chi connectivity index (χ1v) is 6.45. The molecule has 2 N–H and O–H groups in total. The normalized spacial score (nSPS) is 12.6. The van der Waals surface area contributed by atoms with Crippen LogP contribution in [0.3, 0.4) is 0 Å². The maximum atomic E-state index is 4.64. The number of anilines is 1. The Morgan fingerprint density at radius 2 is 2.11 bits per heavy atom. The molecule has 2 heterocycles. The van der Waals surface area contributed by atoms with Gasteiger partial charge >= 0.3 is 0 Å². The van der Waals surface area contributed by atoms with Crippen LogP contribution in [0.1, 0.15) is 0 Å². The third-order valence-corrected chi connectivity index (χ3v) is 2.54. The highest BCUT2D eigenvalue weighted by atomic mass is 35.5. The number of aliphatic imine (C=N–C) groups is 1. The van der Waals surface area contributed by atoms with E-state index in [1.807, 2.05) is 18.2 Å². The summed E-state index contributed by atoms with van der Waals surface area (Å²) in [6.07, 6.45) is 3.28. The van der Waals surface area contributed by atoms with Gasteiger partial charge in [-0.1, -0.05) is 12.1 Å². The summed E-state index contributed by atoms with van der Waals surface area (Å²) < 4.78 is 0.